The summed E-state index contributed by atoms with van der Waals surface area (Å²) in [7, 11) is 0. The fraction of sp³-hybridized carbons (Fsp3) is 0.933. The van der Waals surface area contributed by atoms with Gasteiger partial charge in [0.05, 0.1) is 13.2 Å². The lowest BCUT2D eigenvalue weighted by molar-refractivity contribution is -0.149. The first kappa shape index (κ1) is 13.9. The molecule has 3 heteroatoms. The zero-order chi connectivity index (χ0) is 12.8. The van der Waals surface area contributed by atoms with Crippen LogP contribution >= 0.6 is 0 Å². The van der Waals surface area contributed by atoms with Crippen LogP contribution in [0.2, 0.25) is 0 Å². The van der Waals surface area contributed by atoms with Gasteiger partial charge in [0.2, 0.25) is 0 Å². The fourth-order valence-corrected chi connectivity index (χ4v) is 2.69. The Labute approximate surface area is 110 Å². The van der Waals surface area contributed by atoms with Crippen molar-refractivity contribution < 1.29 is 14.3 Å². The summed E-state index contributed by atoms with van der Waals surface area (Å²) >= 11 is 0. The number of unbranched alkanes of at least 4 members (excludes halogenated alkanes) is 3. The maximum absolute atomic E-state index is 11.6. The lowest BCUT2D eigenvalue weighted by Gasteiger charge is -2.24. The van der Waals surface area contributed by atoms with E-state index in [1.165, 1.54) is 44.9 Å². The molecule has 18 heavy (non-hydrogen) atoms. The van der Waals surface area contributed by atoms with Crippen molar-refractivity contribution in [1.82, 2.24) is 0 Å². The Hall–Kier alpha value is -0.570. The van der Waals surface area contributed by atoms with E-state index in [1.54, 1.807) is 0 Å². The smallest absolute Gasteiger partial charge is 0.340 e. The lowest BCUT2D eigenvalue weighted by atomic mass is 9.81. The van der Waals surface area contributed by atoms with Gasteiger partial charge in [0.15, 0.2) is 5.60 Å². The van der Waals surface area contributed by atoms with Crippen LogP contribution in [-0.4, -0.2) is 24.8 Å². The Kier molecular flexibility index (Phi) is 5.04. The molecule has 0 bridgehead atoms. The van der Waals surface area contributed by atoms with Crippen LogP contribution in [0.1, 0.15) is 64.7 Å². The summed E-state index contributed by atoms with van der Waals surface area (Å²) in [4.78, 5) is 11.6. The van der Waals surface area contributed by atoms with Crippen molar-refractivity contribution in [2.75, 3.05) is 13.2 Å². The van der Waals surface area contributed by atoms with E-state index >= 15 is 0 Å². The zero-order valence-electron chi connectivity index (χ0n) is 11.6. The summed E-state index contributed by atoms with van der Waals surface area (Å²) in [6.07, 6.45) is 11.6. The Morgan fingerprint density at radius 3 is 2.56 bits per heavy atom. The van der Waals surface area contributed by atoms with Crippen LogP contribution < -0.4 is 0 Å². The van der Waals surface area contributed by atoms with Gasteiger partial charge in [-0.25, -0.2) is 4.79 Å². The number of carbonyl (C=O) groups is 1. The molecule has 1 saturated carbocycles. The largest absolute Gasteiger partial charge is 0.464 e. The monoisotopic (exact) mass is 254 g/mol. The van der Waals surface area contributed by atoms with Gasteiger partial charge in [-0.2, -0.15) is 0 Å². The van der Waals surface area contributed by atoms with E-state index in [4.69, 9.17) is 9.47 Å². The molecular formula is C15H26O3. The lowest BCUT2D eigenvalue weighted by Crippen LogP contribution is -2.27. The molecule has 0 aromatic rings. The summed E-state index contributed by atoms with van der Waals surface area (Å²) in [6.45, 7) is 2.85. The minimum absolute atomic E-state index is 0.153. The quantitative estimate of drug-likeness (QED) is 0.359. The number of ether oxygens (including phenoxy) is 2. The molecular weight excluding hydrogens is 228 g/mol. The number of epoxide rings is 1. The number of esters is 1. The van der Waals surface area contributed by atoms with Crippen LogP contribution in [0.3, 0.4) is 0 Å². The highest BCUT2D eigenvalue weighted by Gasteiger charge is 2.52. The first-order valence-electron chi connectivity index (χ1n) is 7.58. The van der Waals surface area contributed by atoms with E-state index in [0.29, 0.717) is 13.2 Å². The molecule has 104 valence electrons. The Balaban J connectivity index is 1.48. The molecule has 1 saturated heterocycles. The van der Waals surface area contributed by atoms with Crippen molar-refractivity contribution in [3.8, 4) is 0 Å². The molecule has 0 amide bonds. The predicted molar refractivity (Wildman–Crippen MR) is 70.4 cm³/mol. The van der Waals surface area contributed by atoms with Crippen LogP contribution in [0.15, 0.2) is 0 Å². The molecule has 2 rings (SSSR count). The molecule has 0 aromatic heterocycles. The third-order valence-corrected chi connectivity index (χ3v) is 4.31. The Bertz CT molecular complexity index is 267. The molecule has 1 heterocycles. The molecule has 3 nitrogen and oxygen atoms in total. The van der Waals surface area contributed by atoms with Crippen LogP contribution in [0.25, 0.3) is 0 Å². The first-order valence-corrected chi connectivity index (χ1v) is 7.58. The van der Waals surface area contributed by atoms with Crippen LogP contribution in [0.4, 0.5) is 0 Å². The highest BCUT2D eigenvalue weighted by molar-refractivity contribution is 5.82. The number of hydrogen-bond acceptors (Lipinski definition) is 3. The van der Waals surface area contributed by atoms with Gasteiger partial charge in [-0.3, -0.25) is 0 Å². The van der Waals surface area contributed by atoms with E-state index in [9.17, 15) is 4.79 Å². The van der Waals surface area contributed by atoms with Crippen molar-refractivity contribution in [3.05, 3.63) is 0 Å². The molecule has 1 aliphatic carbocycles. The number of hydrogen-bond donors (Lipinski definition) is 0. The SMILES string of the molecule is CCOC(=O)C1(CCCCCCC2CCC2)CO1. The topological polar surface area (TPSA) is 38.8 Å². The molecule has 0 spiro atoms. The first-order chi connectivity index (χ1) is 8.77. The molecule has 1 unspecified atom stereocenters. The summed E-state index contributed by atoms with van der Waals surface area (Å²) in [5, 5.41) is 0. The predicted octanol–water partition coefficient (Wildman–Crippen LogP) is 3.46. The van der Waals surface area contributed by atoms with Gasteiger partial charge in [0.25, 0.3) is 0 Å². The average molecular weight is 254 g/mol. The normalized spacial score (nSPS) is 26.7. The van der Waals surface area contributed by atoms with Crippen LogP contribution in [0.5, 0.6) is 0 Å². The molecule has 0 radical (unpaired) electrons. The minimum Gasteiger partial charge on any atom is -0.464 e. The summed E-state index contributed by atoms with van der Waals surface area (Å²) in [5.74, 6) is 0.877. The van der Waals surface area contributed by atoms with Gasteiger partial charge in [0, 0.05) is 0 Å². The van der Waals surface area contributed by atoms with Crippen LogP contribution in [0, 0.1) is 5.92 Å². The van der Waals surface area contributed by atoms with Gasteiger partial charge in [-0.1, -0.05) is 44.9 Å². The van der Waals surface area contributed by atoms with Crippen molar-refractivity contribution >= 4 is 5.97 Å². The molecule has 2 aliphatic rings. The van der Waals surface area contributed by atoms with Crippen molar-refractivity contribution in [2.24, 2.45) is 5.92 Å². The van der Waals surface area contributed by atoms with Gasteiger partial charge in [0.1, 0.15) is 0 Å². The standard InChI is InChI=1S/C15H26O3/c1-2-17-14(16)15(12-18-15)11-6-4-3-5-8-13-9-7-10-13/h13H,2-12H2,1H3. The van der Waals surface area contributed by atoms with Crippen molar-refractivity contribution in [2.45, 2.75) is 70.3 Å². The summed E-state index contributed by atoms with van der Waals surface area (Å²) in [5.41, 5.74) is -0.552. The minimum atomic E-state index is -0.552. The Morgan fingerprint density at radius 2 is 2.00 bits per heavy atom. The number of rotatable bonds is 9. The van der Waals surface area contributed by atoms with Crippen molar-refractivity contribution in [1.29, 1.82) is 0 Å². The van der Waals surface area contributed by atoms with E-state index < -0.39 is 5.60 Å². The van der Waals surface area contributed by atoms with Gasteiger partial charge >= 0.3 is 5.97 Å². The van der Waals surface area contributed by atoms with Gasteiger partial charge in [-0.05, 0) is 25.7 Å². The molecule has 1 atom stereocenters. The highest BCUT2D eigenvalue weighted by Crippen LogP contribution is 2.35. The zero-order valence-corrected chi connectivity index (χ0v) is 11.6. The Morgan fingerprint density at radius 1 is 1.28 bits per heavy atom. The van der Waals surface area contributed by atoms with E-state index in [0.717, 1.165) is 18.8 Å². The highest BCUT2D eigenvalue weighted by atomic mass is 16.6. The maximum Gasteiger partial charge on any atom is 0.340 e. The van der Waals surface area contributed by atoms with E-state index in [1.807, 2.05) is 6.92 Å². The summed E-state index contributed by atoms with van der Waals surface area (Å²) < 4.78 is 10.3. The third-order valence-electron chi connectivity index (χ3n) is 4.31. The average Bonchev–Trinajstić information content (AvgIpc) is 3.07. The fourth-order valence-electron chi connectivity index (χ4n) is 2.69. The molecule has 0 aromatic carbocycles. The van der Waals surface area contributed by atoms with Crippen LogP contribution in [-0.2, 0) is 14.3 Å². The van der Waals surface area contributed by atoms with E-state index in [2.05, 4.69) is 0 Å². The van der Waals surface area contributed by atoms with E-state index in [-0.39, 0.29) is 5.97 Å². The molecule has 0 N–H and O–H groups in total. The molecule has 2 fully saturated rings. The van der Waals surface area contributed by atoms with Gasteiger partial charge in [-0.15, -0.1) is 0 Å². The van der Waals surface area contributed by atoms with Crippen molar-refractivity contribution in [3.63, 3.8) is 0 Å². The second kappa shape index (κ2) is 6.55. The second-order valence-corrected chi connectivity index (χ2v) is 5.75. The molecule has 1 aliphatic heterocycles. The maximum atomic E-state index is 11.6. The number of carbonyl (C=O) groups excluding carboxylic acids is 1. The third kappa shape index (κ3) is 3.71. The second-order valence-electron chi connectivity index (χ2n) is 5.75. The van der Waals surface area contributed by atoms with Gasteiger partial charge < -0.3 is 9.47 Å². The summed E-state index contributed by atoms with van der Waals surface area (Å²) in [6, 6.07) is 0.